The zero-order chi connectivity index (χ0) is 25.5. The van der Waals surface area contributed by atoms with Gasteiger partial charge in [-0.2, -0.15) is 4.98 Å². The van der Waals surface area contributed by atoms with Crippen molar-refractivity contribution in [3.05, 3.63) is 71.7 Å². The second-order valence-electron chi connectivity index (χ2n) is 9.61. The summed E-state index contributed by atoms with van der Waals surface area (Å²) in [5.41, 5.74) is 2.00. The van der Waals surface area contributed by atoms with Gasteiger partial charge in [-0.3, -0.25) is 4.98 Å². The first-order valence-electron chi connectivity index (χ1n) is 12.2. The normalized spacial score (nSPS) is 14.8. The van der Waals surface area contributed by atoms with Gasteiger partial charge in [-0.1, -0.05) is 19.0 Å². The average molecular weight is 506 g/mol. The zero-order valence-electron chi connectivity index (χ0n) is 20.4. The van der Waals surface area contributed by atoms with E-state index in [0.717, 1.165) is 31.5 Å². The number of hydrogen-bond donors (Lipinski definition) is 0. The third kappa shape index (κ3) is 4.43. The Hall–Kier alpha value is -4.22. The summed E-state index contributed by atoms with van der Waals surface area (Å²) in [6.45, 7) is 5.65. The second-order valence-corrected chi connectivity index (χ2v) is 9.61. The minimum Gasteiger partial charge on any atom is -0.339 e. The fraction of sp³-hybridized carbons (Fsp3) is 0.360. The zero-order valence-corrected chi connectivity index (χ0v) is 20.4. The molecule has 37 heavy (non-hydrogen) atoms. The molecule has 10 nitrogen and oxygen atoms in total. The van der Waals surface area contributed by atoms with Gasteiger partial charge >= 0.3 is 6.01 Å². The van der Waals surface area contributed by atoms with E-state index in [1.54, 1.807) is 35.2 Å². The minimum atomic E-state index is -0.446. The Bertz CT molecular complexity index is 1540. The molecule has 4 aromatic heterocycles. The maximum atomic E-state index is 15.1. The van der Waals surface area contributed by atoms with Gasteiger partial charge in [-0.15, -0.1) is 5.10 Å². The summed E-state index contributed by atoms with van der Waals surface area (Å²) in [6, 6.07) is 7.01. The van der Waals surface area contributed by atoms with Gasteiger partial charge in [0, 0.05) is 42.9 Å². The third-order valence-corrected chi connectivity index (χ3v) is 6.86. The third-order valence-electron chi connectivity index (χ3n) is 6.86. The molecule has 1 aliphatic rings. The summed E-state index contributed by atoms with van der Waals surface area (Å²) in [7, 11) is 0. The number of benzene rings is 1. The largest absolute Gasteiger partial charge is 0.339 e. The van der Waals surface area contributed by atoms with Crippen LogP contribution in [0.25, 0.3) is 16.6 Å². The first kappa shape index (κ1) is 23.2. The van der Waals surface area contributed by atoms with Crippen molar-refractivity contribution in [1.29, 1.82) is 0 Å². The van der Waals surface area contributed by atoms with Gasteiger partial charge in [0.05, 0.1) is 23.4 Å². The Kier molecular flexibility index (Phi) is 5.85. The lowest BCUT2D eigenvalue weighted by atomic mass is 9.90. The van der Waals surface area contributed by atoms with Crippen molar-refractivity contribution in [3.63, 3.8) is 0 Å². The lowest BCUT2D eigenvalue weighted by Gasteiger charge is -2.30. The van der Waals surface area contributed by atoms with Crippen LogP contribution in [0.1, 0.15) is 55.6 Å². The molecule has 0 unspecified atom stereocenters. The van der Waals surface area contributed by atoms with Crippen LogP contribution in [-0.2, 0) is 6.54 Å². The van der Waals surface area contributed by atoms with E-state index >= 15 is 8.78 Å². The van der Waals surface area contributed by atoms with E-state index in [9.17, 15) is 0 Å². The number of fused-ring (bicyclic) bond motifs is 1. The van der Waals surface area contributed by atoms with Gasteiger partial charge < -0.3 is 14.0 Å². The van der Waals surface area contributed by atoms with Gasteiger partial charge in [-0.05, 0) is 52.9 Å². The minimum absolute atomic E-state index is 0.116. The van der Waals surface area contributed by atoms with E-state index in [1.807, 2.05) is 13.8 Å². The quantitative estimate of drug-likeness (QED) is 0.338. The van der Waals surface area contributed by atoms with Gasteiger partial charge in [0.1, 0.15) is 18.0 Å². The number of aromatic nitrogens is 8. The van der Waals surface area contributed by atoms with Crippen LogP contribution in [-0.4, -0.2) is 53.0 Å². The number of nitrogens with zero attached hydrogens (tertiary/aromatic N) is 9. The van der Waals surface area contributed by atoms with Crippen LogP contribution in [0.2, 0.25) is 0 Å². The maximum Gasteiger partial charge on any atom is 0.324 e. The monoisotopic (exact) mass is 505 g/mol. The van der Waals surface area contributed by atoms with E-state index in [-0.39, 0.29) is 24.1 Å². The summed E-state index contributed by atoms with van der Waals surface area (Å²) in [6.07, 6.45) is 6.52. The van der Waals surface area contributed by atoms with Crippen LogP contribution < -0.4 is 4.90 Å². The molecule has 1 aliphatic heterocycles. The molecule has 190 valence electrons. The number of rotatable bonds is 6. The van der Waals surface area contributed by atoms with E-state index in [0.29, 0.717) is 28.4 Å². The molecule has 0 atom stereocenters. The Labute approximate surface area is 210 Å². The average Bonchev–Trinajstić information content (AvgIpc) is 3.67. The molecule has 0 saturated carbocycles. The molecular formula is C25H25F2N9O. The fourth-order valence-electron chi connectivity index (χ4n) is 4.80. The molecule has 0 bridgehead atoms. The van der Waals surface area contributed by atoms with Crippen LogP contribution in [0.3, 0.4) is 0 Å². The smallest absolute Gasteiger partial charge is 0.324 e. The Morgan fingerprint density at radius 2 is 1.95 bits per heavy atom. The topological polar surface area (TPSA) is 104 Å². The number of hydrogen-bond acceptors (Lipinski definition) is 8. The number of tetrazole rings is 1. The van der Waals surface area contributed by atoms with Crippen LogP contribution in [0.5, 0.6) is 0 Å². The van der Waals surface area contributed by atoms with Crippen molar-refractivity contribution in [2.75, 3.05) is 18.0 Å². The summed E-state index contributed by atoms with van der Waals surface area (Å²) < 4.78 is 38.6. The molecule has 0 amide bonds. The van der Waals surface area contributed by atoms with Gasteiger partial charge in [-0.25, -0.2) is 13.5 Å². The maximum absolute atomic E-state index is 15.1. The van der Waals surface area contributed by atoms with Crippen molar-refractivity contribution in [3.8, 4) is 5.69 Å². The van der Waals surface area contributed by atoms with Crippen LogP contribution >= 0.6 is 0 Å². The Balaban J connectivity index is 1.16. The van der Waals surface area contributed by atoms with Crippen LogP contribution in [0, 0.1) is 11.6 Å². The Morgan fingerprint density at radius 3 is 2.65 bits per heavy atom. The van der Waals surface area contributed by atoms with Crippen molar-refractivity contribution >= 4 is 16.9 Å². The first-order valence-corrected chi connectivity index (χ1v) is 12.2. The highest BCUT2D eigenvalue weighted by Crippen LogP contribution is 2.31. The van der Waals surface area contributed by atoms with Crippen molar-refractivity contribution < 1.29 is 13.3 Å². The van der Waals surface area contributed by atoms with Crippen LogP contribution in [0.4, 0.5) is 14.8 Å². The summed E-state index contributed by atoms with van der Waals surface area (Å²) in [4.78, 5) is 11.0. The predicted molar refractivity (Wildman–Crippen MR) is 130 cm³/mol. The van der Waals surface area contributed by atoms with Crippen molar-refractivity contribution in [2.45, 2.75) is 45.1 Å². The molecule has 6 rings (SSSR count). The summed E-state index contributed by atoms with van der Waals surface area (Å²) in [5, 5.41) is 15.7. The standard InChI is InChI=1S/C25H25F2N9O/c1-15(2)24-30-25(37-31-24)34-6-3-16(4-7-34)18-10-20(26)22(28-12-18)13-35-8-5-17-9-19(11-21(27)23(17)35)36-14-29-32-33-36/h5,8-12,14-16H,3-4,6-7,13H2,1-2H3. The first-order chi connectivity index (χ1) is 18.0. The van der Waals surface area contributed by atoms with E-state index in [2.05, 4.69) is 35.5 Å². The van der Waals surface area contributed by atoms with E-state index in [4.69, 9.17) is 4.52 Å². The van der Waals surface area contributed by atoms with Gasteiger partial charge in [0.25, 0.3) is 0 Å². The Morgan fingerprint density at radius 1 is 1.11 bits per heavy atom. The lowest BCUT2D eigenvalue weighted by Crippen LogP contribution is -2.33. The van der Waals surface area contributed by atoms with Gasteiger partial charge in [0.15, 0.2) is 5.82 Å². The molecule has 12 heteroatoms. The summed E-state index contributed by atoms with van der Waals surface area (Å²) in [5.74, 6) is 0.249. The van der Waals surface area contributed by atoms with Crippen molar-refractivity contribution in [2.24, 2.45) is 0 Å². The molecule has 5 heterocycles. The summed E-state index contributed by atoms with van der Waals surface area (Å²) >= 11 is 0. The van der Waals surface area contributed by atoms with Gasteiger partial charge in [0.2, 0.25) is 0 Å². The van der Waals surface area contributed by atoms with E-state index in [1.165, 1.54) is 17.1 Å². The van der Waals surface area contributed by atoms with E-state index < -0.39 is 11.6 Å². The molecule has 1 fully saturated rings. The fourth-order valence-corrected chi connectivity index (χ4v) is 4.80. The predicted octanol–water partition coefficient (Wildman–Crippen LogP) is 4.23. The molecule has 0 aliphatic carbocycles. The molecule has 0 radical (unpaired) electrons. The molecule has 0 N–H and O–H groups in total. The highest BCUT2D eigenvalue weighted by atomic mass is 19.1. The number of piperidine rings is 1. The second kappa shape index (κ2) is 9.34. The van der Waals surface area contributed by atoms with Crippen molar-refractivity contribution in [1.82, 2.24) is 39.9 Å². The molecular weight excluding hydrogens is 480 g/mol. The SMILES string of the molecule is CC(C)c1noc(N2CCC(c3cnc(Cn4ccc5cc(-n6cnnn6)cc(F)c54)c(F)c3)CC2)n1. The molecule has 5 aromatic rings. The van der Waals surface area contributed by atoms with Crippen LogP contribution in [0.15, 0.2) is 47.5 Å². The number of pyridine rings is 1. The lowest BCUT2D eigenvalue weighted by molar-refractivity contribution is 0.387. The molecule has 1 saturated heterocycles. The highest BCUT2D eigenvalue weighted by Gasteiger charge is 2.25. The number of anilines is 1. The molecule has 0 spiro atoms. The molecule has 1 aromatic carbocycles. The number of halogens is 2. The highest BCUT2D eigenvalue weighted by molar-refractivity contribution is 5.83.